The monoisotopic (exact) mass is 258 g/mol. The highest BCUT2D eigenvalue weighted by Crippen LogP contribution is 2.25. The highest BCUT2D eigenvalue weighted by molar-refractivity contribution is 5.78. The number of amides is 1. The van der Waals surface area contributed by atoms with Crippen LogP contribution in [0.5, 0.6) is 0 Å². The van der Waals surface area contributed by atoms with E-state index >= 15 is 0 Å². The maximum absolute atomic E-state index is 11.8. The third kappa shape index (κ3) is 4.62. The molecule has 1 aliphatic heterocycles. The molecule has 0 radical (unpaired) electrons. The molecule has 0 aromatic heterocycles. The Hall–Kier alpha value is -1.14. The minimum atomic E-state index is -0.504. The van der Waals surface area contributed by atoms with Crippen molar-refractivity contribution in [1.29, 1.82) is 0 Å². The van der Waals surface area contributed by atoms with Crippen molar-refractivity contribution in [2.24, 2.45) is 0 Å². The third-order valence-electron chi connectivity index (χ3n) is 3.17. The van der Waals surface area contributed by atoms with Gasteiger partial charge < -0.3 is 20.1 Å². The molecule has 0 unspecified atom stereocenters. The lowest BCUT2D eigenvalue weighted by molar-refractivity contribution is -0.144. The van der Waals surface area contributed by atoms with E-state index in [0.29, 0.717) is 39.0 Å². The molecule has 1 aliphatic rings. The van der Waals surface area contributed by atoms with Crippen LogP contribution in [0.1, 0.15) is 25.7 Å². The zero-order valence-electron chi connectivity index (χ0n) is 11.1. The highest BCUT2D eigenvalue weighted by Gasteiger charge is 2.36. The minimum absolute atomic E-state index is 0.0462. The molecule has 1 amide bonds. The summed E-state index contributed by atoms with van der Waals surface area (Å²) in [7, 11) is 3.16. The van der Waals surface area contributed by atoms with Crippen LogP contribution >= 0.6 is 0 Å². The number of carbonyl (C=O) groups excluding carboxylic acids is 2. The summed E-state index contributed by atoms with van der Waals surface area (Å²) in [6, 6.07) is 0. The van der Waals surface area contributed by atoms with Crippen molar-refractivity contribution in [3.05, 3.63) is 0 Å². The summed E-state index contributed by atoms with van der Waals surface area (Å²) < 4.78 is 9.98. The number of methoxy groups -OCH3 is 1. The maximum Gasteiger partial charge on any atom is 0.307 e. The lowest BCUT2D eigenvalue weighted by atomic mass is 9.86. The highest BCUT2D eigenvalue weighted by atomic mass is 16.5. The first-order chi connectivity index (χ1) is 8.62. The summed E-state index contributed by atoms with van der Waals surface area (Å²) in [5.74, 6) is -0.346. The molecular weight excluding hydrogens is 236 g/mol. The SMILES string of the molecule is CNCCC(=O)NC1(CC(=O)OC)CCOCC1. The second kappa shape index (κ2) is 7.33. The van der Waals surface area contributed by atoms with Gasteiger partial charge >= 0.3 is 5.97 Å². The van der Waals surface area contributed by atoms with Crippen molar-refractivity contribution in [1.82, 2.24) is 10.6 Å². The molecule has 6 heteroatoms. The molecule has 0 bridgehead atoms. The Kier molecular flexibility index (Phi) is 6.07. The molecule has 1 rings (SSSR count). The molecule has 0 aliphatic carbocycles. The Balaban J connectivity index is 2.59. The lowest BCUT2D eigenvalue weighted by Gasteiger charge is -2.37. The summed E-state index contributed by atoms with van der Waals surface area (Å²) in [6.07, 6.45) is 1.90. The van der Waals surface area contributed by atoms with Crippen molar-refractivity contribution in [3.8, 4) is 0 Å². The Labute approximate surface area is 107 Å². The van der Waals surface area contributed by atoms with Gasteiger partial charge in [-0.2, -0.15) is 0 Å². The second-order valence-electron chi connectivity index (χ2n) is 4.55. The molecule has 0 aromatic carbocycles. The average Bonchev–Trinajstić information content (AvgIpc) is 2.37. The van der Waals surface area contributed by atoms with E-state index in [-0.39, 0.29) is 18.3 Å². The van der Waals surface area contributed by atoms with Gasteiger partial charge in [-0.25, -0.2) is 0 Å². The first kappa shape index (κ1) is 14.9. The number of esters is 1. The minimum Gasteiger partial charge on any atom is -0.469 e. The summed E-state index contributed by atoms with van der Waals surface area (Å²) in [5.41, 5.74) is -0.504. The fraction of sp³-hybridized carbons (Fsp3) is 0.833. The number of rotatable bonds is 6. The Morgan fingerprint density at radius 3 is 2.56 bits per heavy atom. The summed E-state index contributed by atoms with van der Waals surface area (Å²) in [4.78, 5) is 23.3. The molecule has 0 atom stereocenters. The van der Waals surface area contributed by atoms with Gasteiger partial charge in [-0.15, -0.1) is 0 Å². The molecule has 104 valence electrons. The van der Waals surface area contributed by atoms with Crippen molar-refractivity contribution >= 4 is 11.9 Å². The van der Waals surface area contributed by atoms with Crippen LogP contribution in [0.15, 0.2) is 0 Å². The van der Waals surface area contributed by atoms with Crippen LogP contribution in [-0.2, 0) is 19.1 Å². The zero-order chi connectivity index (χ0) is 13.4. The van der Waals surface area contributed by atoms with E-state index in [1.54, 1.807) is 7.05 Å². The van der Waals surface area contributed by atoms with Gasteiger partial charge in [0.15, 0.2) is 0 Å². The molecule has 18 heavy (non-hydrogen) atoms. The molecule has 0 aromatic rings. The molecule has 1 fully saturated rings. The first-order valence-electron chi connectivity index (χ1n) is 6.22. The topological polar surface area (TPSA) is 76.7 Å². The van der Waals surface area contributed by atoms with E-state index in [1.165, 1.54) is 7.11 Å². The predicted octanol–water partition coefficient (Wildman–Crippen LogP) is -0.176. The molecule has 0 saturated carbocycles. The number of ether oxygens (including phenoxy) is 2. The predicted molar refractivity (Wildman–Crippen MR) is 66.1 cm³/mol. The van der Waals surface area contributed by atoms with Gasteiger partial charge in [0.25, 0.3) is 0 Å². The quantitative estimate of drug-likeness (QED) is 0.647. The molecule has 2 N–H and O–H groups in total. The van der Waals surface area contributed by atoms with E-state index in [4.69, 9.17) is 9.47 Å². The van der Waals surface area contributed by atoms with Gasteiger partial charge in [0.2, 0.25) is 5.91 Å². The molecular formula is C12H22N2O4. The Morgan fingerprint density at radius 2 is 2.00 bits per heavy atom. The van der Waals surface area contributed by atoms with Crippen LogP contribution in [0.25, 0.3) is 0 Å². The van der Waals surface area contributed by atoms with E-state index < -0.39 is 5.54 Å². The largest absolute Gasteiger partial charge is 0.469 e. The van der Waals surface area contributed by atoms with E-state index in [1.807, 2.05) is 0 Å². The van der Waals surface area contributed by atoms with Crippen LogP contribution in [-0.4, -0.2) is 51.3 Å². The fourth-order valence-corrected chi connectivity index (χ4v) is 2.05. The second-order valence-corrected chi connectivity index (χ2v) is 4.55. The van der Waals surface area contributed by atoms with Crippen molar-refractivity contribution in [2.45, 2.75) is 31.2 Å². The molecule has 6 nitrogen and oxygen atoms in total. The van der Waals surface area contributed by atoms with Crippen LogP contribution in [0.3, 0.4) is 0 Å². The lowest BCUT2D eigenvalue weighted by Crippen LogP contribution is -2.53. The van der Waals surface area contributed by atoms with Crippen molar-refractivity contribution in [2.75, 3.05) is 33.9 Å². The van der Waals surface area contributed by atoms with Gasteiger partial charge in [-0.05, 0) is 19.9 Å². The van der Waals surface area contributed by atoms with Gasteiger partial charge in [-0.3, -0.25) is 9.59 Å². The average molecular weight is 258 g/mol. The van der Waals surface area contributed by atoms with Crippen LogP contribution in [0, 0.1) is 0 Å². The fourth-order valence-electron chi connectivity index (χ4n) is 2.05. The molecule has 1 heterocycles. The smallest absolute Gasteiger partial charge is 0.307 e. The summed E-state index contributed by atoms with van der Waals surface area (Å²) in [6.45, 7) is 1.74. The van der Waals surface area contributed by atoms with Crippen LogP contribution < -0.4 is 10.6 Å². The number of hydrogen-bond donors (Lipinski definition) is 2. The van der Waals surface area contributed by atoms with E-state index in [9.17, 15) is 9.59 Å². The van der Waals surface area contributed by atoms with Gasteiger partial charge in [-0.1, -0.05) is 0 Å². The van der Waals surface area contributed by atoms with Crippen LogP contribution in [0.4, 0.5) is 0 Å². The third-order valence-corrected chi connectivity index (χ3v) is 3.17. The maximum atomic E-state index is 11.8. The van der Waals surface area contributed by atoms with Gasteiger partial charge in [0, 0.05) is 26.2 Å². The molecule has 0 spiro atoms. The summed E-state index contributed by atoms with van der Waals surface area (Å²) >= 11 is 0. The van der Waals surface area contributed by atoms with Gasteiger partial charge in [0.1, 0.15) is 0 Å². The number of nitrogens with one attached hydrogen (secondary N) is 2. The number of hydrogen-bond acceptors (Lipinski definition) is 5. The first-order valence-corrected chi connectivity index (χ1v) is 6.22. The van der Waals surface area contributed by atoms with Gasteiger partial charge in [0.05, 0.1) is 19.1 Å². The van der Waals surface area contributed by atoms with Crippen molar-refractivity contribution in [3.63, 3.8) is 0 Å². The zero-order valence-corrected chi connectivity index (χ0v) is 11.1. The normalized spacial score (nSPS) is 18.1. The van der Waals surface area contributed by atoms with E-state index in [2.05, 4.69) is 10.6 Å². The Bertz CT molecular complexity index is 288. The summed E-state index contributed by atoms with van der Waals surface area (Å²) in [5, 5.41) is 5.90. The number of carbonyl (C=O) groups is 2. The Morgan fingerprint density at radius 1 is 1.33 bits per heavy atom. The standard InChI is InChI=1S/C12H22N2O4/c1-13-6-3-10(15)14-12(9-11(16)17-2)4-7-18-8-5-12/h13H,3-9H2,1-2H3,(H,14,15). The van der Waals surface area contributed by atoms with E-state index in [0.717, 1.165) is 0 Å². The molecule has 1 saturated heterocycles. The van der Waals surface area contributed by atoms with Crippen molar-refractivity contribution < 1.29 is 19.1 Å². The van der Waals surface area contributed by atoms with Crippen LogP contribution in [0.2, 0.25) is 0 Å².